The van der Waals surface area contributed by atoms with Crippen LogP contribution in [0.4, 0.5) is 5.69 Å². The maximum absolute atomic E-state index is 12.5. The van der Waals surface area contributed by atoms with Crippen molar-refractivity contribution in [3.05, 3.63) is 65.7 Å². The van der Waals surface area contributed by atoms with Crippen LogP contribution in [-0.2, 0) is 16.0 Å². The van der Waals surface area contributed by atoms with Crippen molar-refractivity contribution in [3.63, 3.8) is 0 Å². The summed E-state index contributed by atoms with van der Waals surface area (Å²) in [6, 6.07) is 17.0. The van der Waals surface area contributed by atoms with Crippen LogP contribution in [-0.4, -0.2) is 29.8 Å². The van der Waals surface area contributed by atoms with E-state index in [2.05, 4.69) is 5.32 Å². The molecule has 2 amide bonds. The summed E-state index contributed by atoms with van der Waals surface area (Å²) in [5, 5.41) is 2.94. The maximum Gasteiger partial charge on any atom is 0.229 e. The zero-order chi connectivity index (χ0) is 19.9. The van der Waals surface area contributed by atoms with E-state index < -0.39 is 0 Å². The monoisotopic (exact) mass is 415 g/mol. The van der Waals surface area contributed by atoms with E-state index in [9.17, 15) is 9.59 Å². The summed E-state index contributed by atoms with van der Waals surface area (Å²) in [4.78, 5) is 26.6. The number of anilines is 1. The smallest absolute Gasteiger partial charge is 0.229 e. The molecule has 156 valence electrons. The van der Waals surface area contributed by atoms with Gasteiger partial charge < -0.3 is 16.0 Å². The van der Waals surface area contributed by atoms with Crippen molar-refractivity contribution in [1.82, 2.24) is 4.90 Å². The lowest BCUT2D eigenvalue weighted by molar-refractivity contribution is -0.130. The molecule has 5 nitrogen and oxygen atoms in total. The SMILES string of the molecule is CC(C(=O)Nc1ccc(CCC(=O)N2CCCC2)cc1)C(N)c1ccccc1.Cl. The summed E-state index contributed by atoms with van der Waals surface area (Å²) in [7, 11) is 0. The standard InChI is InChI=1S/C23H29N3O2.ClH/c1-17(22(24)19-7-3-2-4-8-19)23(28)25-20-12-9-18(10-13-20)11-14-21(27)26-15-5-6-16-26;/h2-4,7-10,12-13,17,22H,5-6,11,14-16,24H2,1H3,(H,25,28);1H. The van der Waals surface area contributed by atoms with Gasteiger partial charge in [0.2, 0.25) is 11.8 Å². The van der Waals surface area contributed by atoms with Crippen molar-refractivity contribution in [3.8, 4) is 0 Å². The zero-order valence-corrected chi connectivity index (χ0v) is 17.7. The van der Waals surface area contributed by atoms with Crippen molar-refractivity contribution in [1.29, 1.82) is 0 Å². The molecule has 0 aromatic heterocycles. The molecule has 0 spiro atoms. The molecule has 29 heavy (non-hydrogen) atoms. The average molecular weight is 416 g/mol. The summed E-state index contributed by atoms with van der Waals surface area (Å²) in [6.07, 6.45) is 3.49. The molecule has 0 saturated carbocycles. The van der Waals surface area contributed by atoms with E-state index >= 15 is 0 Å². The van der Waals surface area contributed by atoms with Gasteiger partial charge in [0, 0.05) is 31.2 Å². The minimum absolute atomic E-state index is 0. The molecular weight excluding hydrogens is 386 g/mol. The minimum Gasteiger partial charge on any atom is -0.343 e. The van der Waals surface area contributed by atoms with E-state index in [1.807, 2.05) is 66.4 Å². The average Bonchev–Trinajstić information content (AvgIpc) is 3.27. The number of aryl methyl sites for hydroxylation is 1. The second kappa shape index (κ2) is 11.0. The van der Waals surface area contributed by atoms with Crippen molar-refractivity contribution < 1.29 is 9.59 Å². The summed E-state index contributed by atoms with van der Waals surface area (Å²) < 4.78 is 0. The summed E-state index contributed by atoms with van der Waals surface area (Å²) in [5.41, 5.74) is 9.03. The number of nitrogens with one attached hydrogen (secondary N) is 1. The van der Waals surface area contributed by atoms with E-state index in [-0.39, 0.29) is 36.2 Å². The van der Waals surface area contributed by atoms with Gasteiger partial charge in [0.1, 0.15) is 0 Å². The molecule has 1 aliphatic heterocycles. The third-order valence-electron chi connectivity index (χ3n) is 5.44. The molecule has 1 saturated heterocycles. The van der Waals surface area contributed by atoms with Gasteiger partial charge in [0.05, 0.1) is 5.92 Å². The van der Waals surface area contributed by atoms with E-state index in [0.717, 1.165) is 49.2 Å². The molecule has 0 radical (unpaired) electrons. The van der Waals surface area contributed by atoms with Gasteiger partial charge in [-0.1, -0.05) is 49.4 Å². The zero-order valence-electron chi connectivity index (χ0n) is 16.8. The number of carbonyl (C=O) groups excluding carboxylic acids is 2. The van der Waals surface area contributed by atoms with Crippen LogP contribution in [0.15, 0.2) is 54.6 Å². The lowest BCUT2D eigenvalue weighted by Gasteiger charge is -2.20. The van der Waals surface area contributed by atoms with Crippen molar-refractivity contribution >= 4 is 29.9 Å². The Kier molecular flexibility index (Phi) is 8.68. The topological polar surface area (TPSA) is 75.4 Å². The van der Waals surface area contributed by atoms with Gasteiger partial charge in [0.15, 0.2) is 0 Å². The number of nitrogens with zero attached hydrogens (tertiary/aromatic N) is 1. The van der Waals surface area contributed by atoms with E-state index in [4.69, 9.17) is 5.73 Å². The highest BCUT2D eigenvalue weighted by Gasteiger charge is 2.22. The Morgan fingerprint density at radius 2 is 1.66 bits per heavy atom. The molecule has 0 bridgehead atoms. The molecule has 2 aromatic carbocycles. The van der Waals surface area contributed by atoms with Crippen LogP contribution in [0.1, 0.15) is 43.4 Å². The molecular formula is C23H30ClN3O2. The summed E-state index contributed by atoms with van der Waals surface area (Å²) in [6.45, 7) is 3.63. The fourth-order valence-electron chi connectivity index (χ4n) is 3.51. The number of halogens is 1. The molecule has 3 rings (SSSR count). The predicted molar refractivity (Wildman–Crippen MR) is 119 cm³/mol. The third kappa shape index (κ3) is 6.31. The first-order valence-electron chi connectivity index (χ1n) is 10.0. The van der Waals surface area contributed by atoms with E-state index in [1.54, 1.807) is 0 Å². The molecule has 1 heterocycles. The first-order chi connectivity index (χ1) is 13.5. The predicted octanol–water partition coefficient (Wildman–Crippen LogP) is 3.94. The Hall–Kier alpha value is -2.37. The van der Waals surface area contributed by atoms with Crippen molar-refractivity contribution in [2.75, 3.05) is 18.4 Å². The number of hydrogen-bond acceptors (Lipinski definition) is 3. The number of hydrogen-bond donors (Lipinski definition) is 2. The molecule has 1 fully saturated rings. The number of rotatable bonds is 7. The fourth-order valence-corrected chi connectivity index (χ4v) is 3.51. The fraction of sp³-hybridized carbons (Fsp3) is 0.391. The highest BCUT2D eigenvalue weighted by Crippen LogP contribution is 2.21. The minimum atomic E-state index is -0.350. The van der Waals surface area contributed by atoms with Gasteiger partial charge in [0.25, 0.3) is 0 Å². The maximum atomic E-state index is 12.5. The highest BCUT2D eigenvalue weighted by molar-refractivity contribution is 5.92. The number of carbonyl (C=O) groups is 2. The molecule has 2 atom stereocenters. The molecule has 2 aromatic rings. The van der Waals surface area contributed by atoms with Gasteiger partial charge in [-0.15, -0.1) is 12.4 Å². The van der Waals surface area contributed by atoms with Crippen molar-refractivity contribution in [2.24, 2.45) is 11.7 Å². The Morgan fingerprint density at radius 3 is 2.28 bits per heavy atom. The van der Waals surface area contributed by atoms with Crippen molar-refractivity contribution in [2.45, 2.75) is 38.6 Å². The summed E-state index contributed by atoms with van der Waals surface area (Å²) in [5.74, 6) is -0.216. The van der Waals surface area contributed by atoms with Gasteiger partial charge >= 0.3 is 0 Å². The van der Waals surface area contributed by atoms with Crippen LogP contribution in [0.25, 0.3) is 0 Å². The van der Waals surface area contributed by atoms with Crippen LogP contribution >= 0.6 is 12.4 Å². The second-order valence-corrected chi connectivity index (χ2v) is 7.50. The second-order valence-electron chi connectivity index (χ2n) is 7.50. The molecule has 0 aliphatic carbocycles. The van der Waals surface area contributed by atoms with Gasteiger partial charge in [-0.05, 0) is 42.5 Å². The molecule has 3 N–H and O–H groups in total. The van der Waals surface area contributed by atoms with E-state index in [0.29, 0.717) is 6.42 Å². The molecule has 1 aliphatic rings. The molecule has 6 heteroatoms. The Bertz CT molecular complexity index is 790. The number of nitrogens with two attached hydrogens (primary N) is 1. The first kappa shape index (κ1) is 22.9. The quantitative estimate of drug-likeness (QED) is 0.719. The van der Waals surface area contributed by atoms with Crippen LogP contribution < -0.4 is 11.1 Å². The molecule has 2 unspecified atom stereocenters. The third-order valence-corrected chi connectivity index (χ3v) is 5.44. The lowest BCUT2D eigenvalue weighted by atomic mass is 9.94. The van der Waals surface area contributed by atoms with Gasteiger partial charge in [-0.2, -0.15) is 0 Å². The van der Waals surface area contributed by atoms with Gasteiger partial charge in [-0.25, -0.2) is 0 Å². The lowest BCUT2D eigenvalue weighted by Crippen LogP contribution is -2.30. The van der Waals surface area contributed by atoms with Crippen LogP contribution in [0.2, 0.25) is 0 Å². The number of amides is 2. The summed E-state index contributed by atoms with van der Waals surface area (Å²) >= 11 is 0. The Morgan fingerprint density at radius 1 is 1.03 bits per heavy atom. The first-order valence-corrected chi connectivity index (χ1v) is 10.0. The van der Waals surface area contributed by atoms with E-state index in [1.165, 1.54) is 0 Å². The Balaban J connectivity index is 0.00000300. The van der Waals surface area contributed by atoms with Crippen LogP contribution in [0, 0.1) is 5.92 Å². The normalized spacial score (nSPS) is 15.3. The van der Waals surface area contributed by atoms with Crippen LogP contribution in [0.3, 0.4) is 0 Å². The highest BCUT2D eigenvalue weighted by atomic mass is 35.5. The van der Waals surface area contributed by atoms with Crippen LogP contribution in [0.5, 0.6) is 0 Å². The Labute approximate surface area is 179 Å². The largest absolute Gasteiger partial charge is 0.343 e. The number of likely N-dealkylation sites (tertiary alicyclic amines) is 1. The van der Waals surface area contributed by atoms with Gasteiger partial charge in [-0.3, -0.25) is 9.59 Å². The number of benzene rings is 2.